The van der Waals surface area contributed by atoms with Gasteiger partial charge in [0.05, 0.1) is 17.0 Å². The Kier molecular flexibility index (Phi) is 6.28. The second-order valence-corrected chi connectivity index (χ2v) is 8.23. The predicted molar refractivity (Wildman–Crippen MR) is 120 cm³/mol. The molecule has 5 nitrogen and oxygen atoms in total. The third kappa shape index (κ3) is 5.11. The number of benzene rings is 3. The highest BCUT2D eigenvalue weighted by Crippen LogP contribution is 2.43. The van der Waals surface area contributed by atoms with Gasteiger partial charge in [0.1, 0.15) is 11.2 Å². The van der Waals surface area contributed by atoms with E-state index in [1.165, 1.54) is 28.8 Å². The van der Waals surface area contributed by atoms with Gasteiger partial charge in [0.2, 0.25) is 5.91 Å². The average molecular weight is 475 g/mol. The summed E-state index contributed by atoms with van der Waals surface area (Å²) < 4.78 is 52.3. The fraction of sp³-hybridized carbons (Fsp3) is 0.130. The van der Waals surface area contributed by atoms with Crippen molar-refractivity contribution in [2.75, 3.05) is 21.3 Å². The minimum Gasteiger partial charge on any atom is -0.308 e. The number of nitrogens with zero attached hydrogens (tertiary/aromatic N) is 1. The van der Waals surface area contributed by atoms with Crippen molar-refractivity contribution < 1.29 is 27.2 Å². The van der Waals surface area contributed by atoms with Crippen LogP contribution in [0.15, 0.2) is 72.8 Å². The molecule has 1 unspecified atom stereocenters. The van der Waals surface area contributed by atoms with Crippen molar-refractivity contribution in [3.05, 3.63) is 89.7 Å². The largest absolute Gasteiger partial charge is 0.416 e. The lowest BCUT2D eigenvalue weighted by Gasteiger charge is -2.25. The standard InChI is InChI=1S/C23H17F4N3O2S/c24-18-6-1-2-7-19(18)30-20(31)13-33-21(30)14-4-3-5-17(12-14)29-22(32)28-16-10-8-15(9-11-16)23(25,26)27/h1-12,21H,13H2,(H2,28,29,32). The molecule has 170 valence electrons. The Balaban J connectivity index is 1.48. The SMILES string of the molecule is O=C(Nc1ccc(C(F)(F)F)cc1)Nc1cccc(C2SCC(=O)N2c2ccccc2F)c1. The molecule has 4 rings (SSSR count). The zero-order valence-electron chi connectivity index (χ0n) is 16.9. The summed E-state index contributed by atoms with van der Waals surface area (Å²) >= 11 is 1.34. The summed E-state index contributed by atoms with van der Waals surface area (Å²) in [7, 11) is 0. The Labute approximate surface area is 190 Å². The maximum Gasteiger partial charge on any atom is 0.416 e. The van der Waals surface area contributed by atoms with Gasteiger partial charge in [-0.15, -0.1) is 11.8 Å². The number of thioether (sulfide) groups is 1. The third-order valence-electron chi connectivity index (χ3n) is 4.88. The van der Waals surface area contributed by atoms with Crippen LogP contribution < -0.4 is 15.5 Å². The number of alkyl halides is 3. The fourth-order valence-corrected chi connectivity index (χ4v) is 4.54. The van der Waals surface area contributed by atoms with Crippen LogP contribution in [-0.2, 0) is 11.0 Å². The molecule has 0 bridgehead atoms. The lowest BCUT2D eigenvalue weighted by molar-refractivity contribution is -0.137. The van der Waals surface area contributed by atoms with Crippen LogP contribution in [0, 0.1) is 5.82 Å². The van der Waals surface area contributed by atoms with E-state index in [1.807, 2.05) is 0 Å². The number of amides is 3. The number of carbonyl (C=O) groups is 2. The monoisotopic (exact) mass is 475 g/mol. The molecule has 2 N–H and O–H groups in total. The lowest BCUT2D eigenvalue weighted by Crippen LogP contribution is -2.28. The second kappa shape index (κ2) is 9.14. The molecule has 1 aliphatic heterocycles. The van der Waals surface area contributed by atoms with Crippen LogP contribution in [0.5, 0.6) is 0 Å². The van der Waals surface area contributed by atoms with Gasteiger partial charge in [-0.3, -0.25) is 9.69 Å². The van der Waals surface area contributed by atoms with E-state index in [2.05, 4.69) is 10.6 Å². The normalized spacial score (nSPS) is 16.1. The van der Waals surface area contributed by atoms with Gasteiger partial charge in [-0.2, -0.15) is 13.2 Å². The van der Waals surface area contributed by atoms with Crippen LogP contribution in [0.2, 0.25) is 0 Å². The highest BCUT2D eigenvalue weighted by Gasteiger charge is 2.35. The number of carbonyl (C=O) groups excluding carboxylic acids is 2. The van der Waals surface area contributed by atoms with E-state index >= 15 is 0 Å². The van der Waals surface area contributed by atoms with Crippen LogP contribution in [-0.4, -0.2) is 17.7 Å². The molecule has 3 aromatic carbocycles. The van der Waals surface area contributed by atoms with Gasteiger partial charge in [-0.25, -0.2) is 9.18 Å². The molecular formula is C23H17F4N3O2S. The molecule has 0 aromatic heterocycles. The van der Waals surface area contributed by atoms with E-state index in [-0.39, 0.29) is 23.0 Å². The van der Waals surface area contributed by atoms with Crippen molar-refractivity contribution in [2.45, 2.75) is 11.6 Å². The summed E-state index contributed by atoms with van der Waals surface area (Å²) in [6.45, 7) is 0. The molecule has 1 fully saturated rings. The van der Waals surface area contributed by atoms with Gasteiger partial charge >= 0.3 is 12.2 Å². The molecule has 3 aromatic rings. The maximum absolute atomic E-state index is 14.3. The first kappa shape index (κ1) is 22.7. The van der Waals surface area contributed by atoms with E-state index in [0.29, 0.717) is 11.3 Å². The van der Waals surface area contributed by atoms with Crippen molar-refractivity contribution in [1.29, 1.82) is 0 Å². The highest BCUT2D eigenvalue weighted by atomic mass is 32.2. The first-order valence-electron chi connectivity index (χ1n) is 9.76. The Hall–Kier alpha value is -3.53. The first-order valence-corrected chi connectivity index (χ1v) is 10.8. The lowest BCUT2D eigenvalue weighted by atomic mass is 10.1. The number of anilines is 3. The van der Waals surface area contributed by atoms with Crippen LogP contribution in [0.4, 0.5) is 39.4 Å². The Morgan fingerprint density at radius 2 is 1.64 bits per heavy atom. The Bertz CT molecular complexity index is 1180. The number of nitrogens with one attached hydrogen (secondary N) is 2. The summed E-state index contributed by atoms with van der Waals surface area (Å²) in [5.74, 6) is -0.553. The third-order valence-corrected chi connectivity index (χ3v) is 6.09. The predicted octanol–water partition coefficient (Wildman–Crippen LogP) is 6.27. The molecule has 1 atom stereocenters. The summed E-state index contributed by atoms with van der Waals surface area (Å²) in [5, 5.41) is 4.61. The minimum atomic E-state index is -4.46. The van der Waals surface area contributed by atoms with Gasteiger partial charge in [0, 0.05) is 11.4 Å². The zero-order valence-corrected chi connectivity index (χ0v) is 17.7. The Morgan fingerprint density at radius 3 is 2.33 bits per heavy atom. The summed E-state index contributed by atoms with van der Waals surface area (Å²) in [5.41, 5.74) is 0.645. The van der Waals surface area contributed by atoms with Crippen LogP contribution in [0.25, 0.3) is 0 Å². The number of para-hydroxylation sites is 1. The topological polar surface area (TPSA) is 61.4 Å². The zero-order chi connectivity index (χ0) is 23.6. The van der Waals surface area contributed by atoms with Gasteiger partial charge in [0.15, 0.2) is 0 Å². The number of hydrogen-bond acceptors (Lipinski definition) is 3. The molecular weight excluding hydrogens is 458 g/mol. The molecule has 0 saturated carbocycles. The molecule has 3 amide bonds. The highest BCUT2D eigenvalue weighted by molar-refractivity contribution is 8.00. The fourth-order valence-electron chi connectivity index (χ4n) is 3.38. The number of urea groups is 1. The van der Waals surface area contributed by atoms with Gasteiger partial charge in [-0.05, 0) is 54.1 Å². The Morgan fingerprint density at radius 1 is 0.939 bits per heavy atom. The number of hydrogen-bond donors (Lipinski definition) is 2. The molecule has 1 heterocycles. The van der Waals surface area contributed by atoms with Crippen LogP contribution in [0.1, 0.15) is 16.5 Å². The molecule has 0 radical (unpaired) electrons. The average Bonchev–Trinajstić information content (AvgIpc) is 3.15. The van der Waals surface area contributed by atoms with Crippen molar-refractivity contribution >= 4 is 40.8 Å². The van der Waals surface area contributed by atoms with Gasteiger partial charge in [0.25, 0.3) is 0 Å². The molecule has 1 saturated heterocycles. The molecule has 0 aliphatic carbocycles. The van der Waals surface area contributed by atoms with E-state index in [1.54, 1.807) is 36.4 Å². The number of halogens is 4. The molecule has 33 heavy (non-hydrogen) atoms. The second-order valence-electron chi connectivity index (χ2n) is 7.16. The smallest absolute Gasteiger partial charge is 0.308 e. The first-order chi connectivity index (χ1) is 15.7. The molecule has 10 heteroatoms. The van der Waals surface area contributed by atoms with Crippen molar-refractivity contribution in [2.24, 2.45) is 0 Å². The number of rotatable bonds is 4. The van der Waals surface area contributed by atoms with E-state index < -0.39 is 29.0 Å². The van der Waals surface area contributed by atoms with Crippen molar-refractivity contribution in [3.63, 3.8) is 0 Å². The van der Waals surface area contributed by atoms with E-state index in [0.717, 1.165) is 24.3 Å². The van der Waals surface area contributed by atoms with Crippen LogP contribution in [0.3, 0.4) is 0 Å². The van der Waals surface area contributed by atoms with Crippen molar-refractivity contribution in [3.8, 4) is 0 Å². The summed E-state index contributed by atoms with van der Waals surface area (Å²) in [6.07, 6.45) is -4.46. The minimum absolute atomic E-state index is 0.177. The van der Waals surface area contributed by atoms with E-state index in [4.69, 9.17) is 0 Å². The maximum atomic E-state index is 14.3. The summed E-state index contributed by atoms with van der Waals surface area (Å²) in [6, 6.07) is 16.2. The molecule has 0 spiro atoms. The summed E-state index contributed by atoms with van der Waals surface area (Å²) in [4.78, 5) is 26.2. The molecule has 1 aliphatic rings. The van der Waals surface area contributed by atoms with E-state index in [9.17, 15) is 27.2 Å². The van der Waals surface area contributed by atoms with Crippen LogP contribution >= 0.6 is 11.8 Å². The quantitative estimate of drug-likeness (QED) is 0.438. The van der Waals surface area contributed by atoms with Gasteiger partial charge in [-0.1, -0.05) is 24.3 Å². The van der Waals surface area contributed by atoms with Crippen molar-refractivity contribution in [1.82, 2.24) is 0 Å². The van der Waals surface area contributed by atoms with Gasteiger partial charge < -0.3 is 10.6 Å².